The van der Waals surface area contributed by atoms with Gasteiger partial charge < -0.3 is 4.74 Å². The second-order valence-electron chi connectivity index (χ2n) is 4.66. The maximum atomic E-state index is 5.79. The number of hydrogen-bond acceptors (Lipinski definition) is 3. The molecule has 0 amide bonds. The first-order chi connectivity index (χ1) is 7.70. The van der Waals surface area contributed by atoms with Gasteiger partial charge in [-0.3, -0.25) is 0 Å². The molecule has 0 aromatic carbocycles. The molecular formula is C12H18ClNOS. The molecule has 90 valence electrons. The van der Waals surface area contributed by atoms with Gasteiger partial charge in [0.1, 0.15) is 10.6 Å². The Morgan fingerprint density at radius 3 is 2.75 bits per heavy atom. The van der Waals surface area contributed by atoms with Crippen molar-refractivity contribution in [1.82, 2.24) is 4.98 Å². The molecule has 0 bridgehead atoms. The molecule has 0 atom stereocenters. The molecule has 0 aliphatic heterocycles. The number of ether oxygens (including phenoxy) is 1. The number of hydrogen-bond donors (Lipinski definition) is 0. The number of alkyl halides is 1. The second kappa shape index (κ2) is 5.03. The van der Waals surface area contributed by atoms with Crippen molar-refractivity contribution < 1.29 is 4.74 Å². The minimum Gasteiger partial charge on any atom is -0.371 e. The Hall–Kier alpha value is -0.120. The molecule has 1 saturated carbocycles. The standard InChI is InChI=1S/C12H18ClNOS/c1-9-3-5-12(15-2,6-4-9)11-14-10(7-13)8-16-11/h8-9H,3-7H2,1-2H3. The number of nitrogens with zero attached hydrogens (tertiary/aromatic N) is 1. The fraction of sp³-hybridized carbons (Fsp3) is 0.750. The predicted octanol–water partition coefficient (Wildman–Crippen LogP) is 3.93. The van der Waals surface area contributed by atoms with Gasteiger partial charge in [0.2, 0.25) is 0 Å². The summed E-state index contributed by atoms with van der Waals surface area (Å²) in [5, 5.41) is 3.15. The van der Waals surface area contributed by atoms with E-state index in [2.05, 4.69) is 11.9 Å². The van der Waals surface area contributed by atoms with Crippen molar-refractivity contribution in [3.8, 4) is 0 Å². The monoisotopic (exact) mass is 259 g/mol. The van der Waals surface area contributed by atoms with Crippen LogP contribution >= 0.6 is 22.9 Å². The molecule has 2 rings (SSSR count). The molecule has 1 aromatic heterocycles. The van der Waals surface area contributed by atoms with Gasteiger partial charge in [-0.15, -0.1) is 22.9 Å². The first-order valence-electron chi connectivity index (χ1n) is 5.76. The number of halogens is 1. The minimum atomic E-state index is -0.137. The summed E-state index contributed by atoms with van der Waals surface area (Å²) >= 11 is 7.48. The van der Waals surface area contributed by atoms with E-state index >= 15 is 0 Å². The zero-order chi connectivity index (χ0) is 11.6. The molecule has 1 aliphatic rings. The molecule has 4 heteroatoms. The highest BCUT2D eigenvalue weighted by Gasteiger charge is 2.38. The van der Waals surface area contributed by atoms with E-state index in [4.69, 9.17) is 16.3 Å². The van der Waals surface area contributed by atoms with Gasteiger partial charge in [-0.2, -0.15) is 0 Å². The van der Waals surface area contributed by atoms with Crippen LogP contribution in [0.15, 0.2) is 5.38 Å². The molecular weight excluding hydrogens is 242 g/mol. The van der Waals surface area contributed by atoms with Gasteiger partial charge in [-0.1, -0.05) is 6.92 Å². The van der Waals surface area contributed by atoms with Crippen LogP contribution in [0.25, 0.3) is 0 Å². The zero-order valence-corrected chi connectivity index (χ0v) is 11.4. The van der Waals surface area contributed by atoms with Crippen molar-refractivity contribution in [1.29, 1.82) is 0 Å². The van der Waals surface area contributed by atoms with Gasteiger partial charge in [0.25, 0.3) is 0 Å². The van der Waals surface area contributed by atoms with E-state index in [0.717, 1.165) is 29.5 Å². The number of aromatic nitrogens is 1. The van der Waals surface area contributed by atoms with E-state index < -0.39 is 0 Å². The number of thiazole rings is 1. The van der Waals surface area contributed by atoms with E-state index in [1.54, 1.807) is 18.4 Å². The van der Waals surface area contributed by atoms with Crippen LogP contribution in [0, 0.1) is 5.92 Å². The van der Waals surface area contributed by atoms with Crippen molar-refractivity contribution in [3.63, 3.8) is 0 Å². The normalized spacial score (nSPS) is 30.6. The Bertz CT molecular complexity index is 345. The molecule has 16 heavy (non-hydrogen) atoms. The second-order valence-corrected chi connectivity index (χ2v) is 5.78. The smallest absolute Gasteiger partial charge is 0.125 e. The molecule has 0 spiro atoms. The van der Waals surface area contributed by atoms with Crippen LogP contribution in [-0.2, 0) is 16.2 Å². The van der Waals surface area contributed by atoms with Gasteiger partial charge in [-0.25, -0.2) is 4.98 Å². The van der Waals surface area contributed by atoms with Crippen LogP contribution in [0.3, 0.4) is 0 Å². The highest BCUT2D eigenvalue weighted by molar-refractivity contribution is 7.09. The van der Waals surface area contributed by atoms with E-state index in [9.17, 15) is 0 Å². The molecule has 2 nitrogen and oxygen atoms in total. The summed E-state index contributed by atoms with van der Waals surface area (Å²) in [6, 6.07) is 0. The number of methoxy groups -OCH3 is 1. The largest absolute Gasteiger partial charge is 0.371 e. The Labute approximate surface area is 106 Å². The van der Waals surface area contributed by atoms with Gasteiger partial charge in [0.05, 0.1) is 11.6 Å². The molecule has 0 saturated heterocycles. The fourth-order valence-electron chi connectivity index (χ4n) is 2.31. The summed E-state index contributed by atoms with van der Waals surface area (Å²) in [5.41, 5.74) is 0.832. The molecule has 0 radical (unpaired) electrons. The third kappa shape index (κ3) is 2.27. The maximum absolute atomic E-state index is 5.79. The summed E-state index contributed by atoms with van der Waals surface area (Å²) < 4.78 is 5.78. The van der Waals surface area contributed by atoms with Crippen molar-refractivity contribution in [2.75, 3.05) is 7.11 Å². The SMILES string of the molecule is COC1(c2nc(CCl)cs2)CCC(C)CC1. The Balaban J connectivity index is 2.20. The summed E-state index contributed by atoms with van der Waals surface area (Å²) in [4.78, 5) is 4.58. The van der Waals surface area contributed by atoms with Crippen LogP contribution in [0.2, 0.25) is 0 Å². The van der Waals surface area contributed by atoms with Crippen LogP contribution < -0.4 is 0 Å². The van der Waals surface area contributed by atoms with E-state index in [-0.39, 0.29) is 5.60 Å². The average molecular weight is 260 g/mol. The van der Waals surface area contributed by atoms with Crippen molar-refractivity contribution in [2.24, 2.45) is 5.92 Å². The highest BCUT2D eigenvalue weighted by Crippen LogP contribution is 2.43. The lowest BCUT2D eigenvalue weighted by molar-refractivity contribution is -0.0531. The van der Waals surface area contributed by atoms with Crippen LogP contribution in [0.1, 0.15) is 43.3 Å². The minimum absolute atomic E-state index is 0.137. The van der Waals surface area contributed by atoms with E-state index in [1.165, 1.54) is 12.8 Å². The van der Waals surface area contributed by atoms with Crippen LogP contribution in [0.4, 0.5) is 0 Å². The van der Waals surface area contributed by atoms with Crippen LogP contribution in [0.5, 0.6) is 0 Å². The lowest BCUT2D eigenvalue weighted by atomic mass is 9.80. The first kappa shape index (κ1) is 12.3. The summed E-state index contributed by atoms with van der Waals surface area (Å²) in [5.74, 6) is 1.31. The maximum Gasteiger partial charge on any atom is 0.125 e. The topological polar surface area (TPSA) is 22.1 Å². The van der Waals surface area contributed by atoms with Crippen LogP contribution in [-0.4, -0.2) is 12.1 Å². The van der Waals surface area contributed by atoms with Gasteiger partial charge in [0.15, 0.2) is 0 Å². The van der Waals surface area contributed by atoms with Crippen molar-refractivity contribution in [3.05, 3.63) is 16.1 Å². The summed E-state index contributed by atoms with van der Waals surface area (Å²) in [6.07, 6.45) is 4.62. The van der Waals surface area contributed by atoms with E-state index in [1.807, 2.05) is 5.38 Å². The van der Waals surface area contributed by atoms with Gasteiger partial charge in [-0.05, 0) is 31.6 Å². The van der Waals surface area contributed by atoms with Crippen molar-refractivity contribution >= 4 is 22.9 Å². The lowest BCUT2D eigenvalue weighted by Crippen LogP contribution is -2.33. The quantitative estimate of drug-likeness (QED) is 0.768. The lowest BCUT2D eigenvalue weighted by Gasteiger charge is -2.36. The predicted molar refractivity (Wildman–Crippen MR) is 68.0 cm³/mol. The fourth-order valence-corrected chi connectivity index (χ4v) is 3.60. The highest BCUT2D eigenvalue weighted by atomic mass is 35.5. The van der Waals surface area contributed by atoms with Gasteiger partial charge in [0, 0.05) is 12.5 Å². The third-order valence-corrected chi connectivity index (χ3v) is 4.90. The van der Waals surface area contributed by atoms with Gasteiger partial charge >= 0.3 is 0 Å². The Morgan fingerprint density at radius 2 is 2.25 bits per heavy atom. The molecule has 1 heterocycles. The van der Waals surface area contributed by atoms with Crippen molar-refractivity contribution in [2.45, 2.75) is 44.1 Å². The molecule has 0 unspecified atom stereocenters. The average Bonchev–Trinajstić information content (AvgIpc) is 2.80. The molecule has 1 fully saturated rings. The molecule has 1 aromatic rings. The van der Waals surface area contributed by atoms with E-state index in [0.29, 0.717) is 5.88 Å². The molecule has 1 aliphatic carbocycles. The summed E-state index contributed by atoms with van der Waals surface area (Å²) in [6.45, 7) is 2.31. The number of rotatable bonds is 3. The zero-order valence-electron chi connectivity index (χ0n) is 9.83. The summed E-state index contributed by atoms with van der Waals surface area (Å²) in [7, 11) is 1.80. The molecule has 0 N–H and O–H groups in total. The Kier molecular flexibility index (Phi) is 3.88. The third-order valence-electron chi connectivity index (χ3n) is 3.55. The Morgan fingerprint density at radius 1 is 1.56 bits per heavy atom. The first-order valence-corrected chi connectivity index (χ1v) is 7.17.